The predicted octanol–water partition coefficient (Wildman–Crippen LogP) is 2.24. The number of carbonyl (C=O) groups is 1. The van der Waals surface area contributed by atoms with E-state index >= 15 is 0 Å². The Morgan fingerprint density at radius 3 is 2.57 bits per heavy atom. The van der Waals surface area contributed by atoms with Crippen LogP contribution in [0.2, 0.25) is 0 Å². The van der Waals surface area contributed by atoms with Crippen LogP contribution in [0.15, 0.2) is 24.3 Å². The molecule has 0 radical (unpaired) electrons. The molecule has 0 unspecified atom stereocenters. The Morgan fingerprint density at radius 2 is 2.00 bits per heavy atom. The summed E-state index contributed by atoms with van der Waals surface area (Å²) in [6, 6.07) is 4.30. The Kier molecular flexibility index (Phi) is 7.76. The van der Waals surface area contributed by atoms with Gasteiger partial charge in [-0.25, -0.2) is 12.7 Å². The molecule has 1 amide bonds. The number of alkyl halides is 2. The van der Waals surface area contributed by atoms with E-state index in [1.54, 1.807) is 6.92 Å². The van der Waals surface area contributed by atoms with Gasteiger partial charge < -0.3 is 14.8 Å². The van der Waals surface area contributed by atoms with E-state index in [1.807, 2.05) is 0 Å². The van der Waals surface area contributed by atoms with E-state index in [-0.39, 0.29) is 30.1 Å². The van der Waals surface area contributed by atoms with Gasteiger partial charge in [0.2, 0.25) is 15.9 Å². The average molecular weight is 418 g/mol. The van der Waals surface area contributed by atoms with Crippen molar-refractivity contribution in [1.82, 2.24) is 9.62 Å². The molecule has 7 nitrogen and oxygen atoms in total. The number of nitrogens with one attached hydrogen (secondary N) is 1. The molecule has 0 aromatic heterocycles. The van der Waals surface area contributed by atoms with Gasteiger partial charge in [-0.05, 0) is 43.5 Å². The largest absolute Gasteiger partial charge is 0.490 e. The number of hydrogen-bond acceptors (Lipinski definition) is 5. The number of benzene rings is 1. The Labute approximate surface area is 163 Å². The van der Waals surface area contributed by atoms with Crippen LogP contribution in [0, 0.1) is 0 Å². The maximum Gasteiger partial charge on any atom is 0.387 e. The Bertz CT molecular complexity index is 806. The molecular formula is C18H24F2N2O5S. The fraction of sp³-hybridized carbons (Fsp3) is 0.500. The number of nitrogens with zero attached hydrogens (tertiary/aromatic N) is 1. The van der Waals surface area contributed by atoms with Crippen molar-refractivity contribution in [1.29, 1.82) is 0 Å². The summed E-state index contributed by atoms with van der Waals surface area (Å²) in [5.74, 6) is -0.224. The number of amides is 1. The van der Waals surface area contributed by atoms with Crippen molar-refractivity contribution in [3.05, 3.63) is 29.8 Å². The van der Waals surface area contributed by atoms with Gasteiger partial charge in [0.15, 0.2) is 11.5 Å². The molecule has 1 aromatic rings. The van der Waals surface area contributed by atoms with E-state index in [9.17, 15) is 22.0 Å². The third-order valence-electron chi connectivity index (χ3n) is 4.18. The van der Waals surface area contributed by atoms with Crippen molar-refractivity contribution >= 4 is 22.0 Å². The molecule has 1 heterocycles. The molecule has 1 saturated heterocycles. The summed E-state index contributed by atoms with van der Waals surface area (Å²) >= 11 is 0. The lowest BCUT2D eigenvalue weighted by molar-refractivity contribution is -0.117. The van der Waals surface area contributed by atoms with Crippen molar-refractivity contribution in [3.63, 3.8) is 0 Å². The maximum atomic E-state index is 12.4. The minimum Gasteiger partial charge on any atom is -0.490 e. The first-order chi connectivity index (χ1) is 13.2. The monoisotopic (exact) mass is 418 g/mol. The molecule has 0 saturated carbocycles. The zero-order chi connectivity index (χ0) is 20.7. The van der Waals surface area contributed by atoms with Gasteiger partial charge in [0.05, 0.1) is 12.9 Å². The number of ether oxygens (including phenoxy) is 2. The highest BCUT2D eigenvalue weighted by molar-refractivity contribution is 7.88. The summed E-state index contributed by atoms with van der Waals surface area (Å²) in [5.41, 5.74) is 0.590. The van der Waals surface area contributed by atoms with Crippen molar-refractivity contribution in [2.24, 2.45) is 0 Å². The predicted molar refractivity (Wildman–Crippen MR) is 101 cm³/mol. The van der Waals surface area contributed by atoms with Crippen LogP contribution >= 0.6 is 0 Å². The molecular weight excluding hydrogens is 394 g/mol. The van der Waals surface area contributed by atoms with Gasteiger partial charge >= 0.3 is 6.61 Å². The highest BCUT2D eigenvalue weighted by atomic mass is 32.2. The Hall–Kier alpha value is -2.20. The quantitative estimate of drug-likeness (QED) is 0.655. The number of hydrogen-bond donors (Lipinski definition) is 1. The number of piperidine rings is 1. The topological polar surface area (TPSA) is 84.9 Å². The van der Waals surface area contributed by atoms with Crippen LogP contribution in [0.5, 0.6) is 11.5 Å². The summed E-state index contributed by atoms with van der Waals surface area (Å²) in [7, 11) is -3.21. The second-order valence-electron chi connectivity index (χ2n) is 6.30. The van der Waals surface area contributed by atoms with E-state index in [0.717, 1.165) is 0 Å². The van der Waals surface area contributed by atoms with Crippen LogP contribution in [0.25, 0.3) is 6.08 Å². The molecule has 1 aliphatic rings. The molecule has 2 rings (SSSR count). The lowest BCUT2D eigenvalue weighted by atomic mass is 10.1. The van der Waals surface area contributed by atoms with Gasteiger partial charge in [-0.1, -0.05) is 6.07 Å². The molecule has 28 heavy (non-hydrogen) atoms. The number of rotatable bonds is 8. The molecule has 0 atom stereocenters. The SMILES string of the molecule is CCOc1cc(/C=C/C(=O)NC2CCN(S(C)(=O)=O)CC2)ccc1OC(F)F. The first-order valence-corrected chi connectivity index (χ1v) is 10.7. The average Bonchev–Trinajstić information content (AvgIpc) is 2.61. The minimum absolute atomic E-state index is 0.0731. The van der Waals surface area contributed by atoms with Crippen molar-refractivity contribution in [3.8, 4) is 11.5 Å². The first-order valence-electron chi connectivity index (χ1n) is 8.84. The van der Waals surface area contributed by atoms with Crippen LogP contribution in [0.3, 0.4) is 0 Å². The maximum absolute atomic E-state index is 12.4. The van der Waals surface area contributed by atoms with Crippen LogP contribution < -0.4 is 14.8 Å². The minimum atomic E-state index is -3.21. The Balaban J connectivity index is 1.94. The lowest BCUT2D eigenvalue weighted by Crippen LogP contribution is -2.45. The van der Waals surface area contributed by atoms with Gasteiger partial charge in [0, 0.05) is 25.2 Å². The second kappa shape index (κ2) is 9.83. The van der Waals surface area contributed by atoms with Crippen LogP contribution in [0.1, 0.15) is 25.3 Å². The zero-order valence-corrected chi connectivity index (χ0v) is 16.5. The molecule has 0 spiro atoms. The van der Waals surface area contributed by atoms with Crippen molar-refractivity contribution < 1.29 is 31.5 Å². The normalized spacial score (nSPS) is 16.5. The molecule has 0 aliphatic carbocycles. The summed E-state index contributed by atoms with van der Waals surface area (Å²) < 4.78 is 58.9. The van der Waals surface area contributed by atoms with Gasteiger partial charge in [0.1, 0.15) is 0 Å². The molecule has 1 fully saturated rings. The number of halogens is 2. The third-order valence-corrected chi connectivity index (χ3v) is 5.48. The van der Waals surface area contributed by atoms with E-state index in [1.165, 1.54) is 40.9 Å². The molecule has 1 aliphatic heterocycles. The van der Waals surface area contributed by atoms with Crippen LogP contribution in [-0.4, -0.2) is 57.2 Å². The van der Waals surface area contributed by atoms with Gasteiger partial charge in [-0.15, -0.1) is 0 Å². The highest BCUT2D eigenvalue weighted by Gasteiger charge is 2.25. The number of carbonyl (C=O) groups excluding carboxylic acids is 1. The fourth-order valence-electron chi connectivity index (χ4n) is 2.84. The first kappa shape index (κ1) is 22.1. The van der Waals surface area contributed by atoms with E-state index in [2.05, 4.69) is 10.1 Å². The summed E-state index contributed by atoms with van der Waals surface area (Å²) in [4.78, 5) is 12.1. The molecule has 1 aromatic carbocycles. The van der Waals surface area contributed by atoms with E-state index in [0.29, 0.717) is 31.5 Å². The lowest BCUT2D eigenvalue weighted by Gasteiger charge is -2.30. The molecule has 0 bridgehead atoms. The van der Waals surface area contributed by atoms with Gasteiger partial charge in [0.25, 0.3) is 0 Å². The standard InChI is InChI=1S/C18H24F2N2O5S/c1-3-26-16-12-13(4-6-15(16)27-18(19)20)5-7-17(23)21-14-8-10-22(11-9-14)28(2,24)25/h4-7,12,14,18H,3,8-11H2,1-2H3,(H,21,23)/b7-5+. The summed E-state index contributed by atoms with van der Waals surface area (Å²) in [6.07, 6.45) is 5.13. The van der Waals surface area contributed by atoms with E-state index < -0.39 is 16.6 Å². The summed E-state index contributed by atoms with van der Waals surface area (Å²) in [6.45, 7) is -0.218. The molecule has 10 heteroatoms. The molecule has 156 valence electrons. The van der Waals surface area contributed by atoms with Crippen molar-refractivity contribution in [2.45, 2.75) is 32.4 Å². The zero-order valence-electron chi connectivity index (χ0n) is 15.7. The summed E-state index contributed by atoms with van der Waals surface area (Å²) in [5, 5.41) is 2.84. The van der Waals surface area contributed by atoms with Crippen LogP contribution in [-0.2, 0) is 14.8 Å². The third kappa shape index (κ3) is 6.75. The Morgan fingerprint density at radius 1 is 1.32 bits per heavy atom. The second-order valence-corrected chi connectivity index (χ2v) is 8.28. The fourth-order valence-corrected chi connectivity index (χ4v) is 3.72. The smallest absolute Gasteiger partial charge is 0.387 e. The highest BCUT2D eigenvalue weighted by Crippen LogP contribution is 2.30. The number of sulfonamides is 1. The van der Waals surface area contributed by atoms with Gasteiger partial charge in [-0.2, -0.15) is 8.78 Å². The molecule has 1 N–H and O–H groups in total. The van der Waals surface area contributed by atoms with Crippen molar-refractivity contribution in [2.75, 3.05) is 26.0 Å². The van der Waals surface area contributed by atoms with Crippen LogP contribution in [0.4, 0.5) is 8.78 Å². The van der Waals surface area contributed by atoms with E-state index in [4.69, 9.17) is 4.74 Å². The van der Waals surface area contributed by atoms with Gasteiger partial charge in [-0.3, -0.25) is 4.79 Å².